The van der Waals surface area contributed by atoms with Crippen LogP contribution in [0, 0.1) is 13.8 Å². The smallest absolute Gasteiger partial charge is 0.332 e. The number of hydrogen-bond donors (Lipinski definition) is 1. The maximum absolute atomic E-state index is 13.0. The average Bonchev–Trinajstić information content (AvgIpc) is 3.26. The van der Waals surface area contributed by atoms with Gasteiger partial charge in [-0.2, -0.15) is 0 Å². The summed E-state index contributed by atoms with van der Waals surface area (Å²) in [6, 6.07) is 9.65. The topological polar surface area (TPSA) is 131 Å². The molecule has 174 valence electrons. The molecule has 0 bridgehead atoms. The quantitative estimate of drug-likeness (QED) is 0.329. The number of carbonyl (C=O) groups excluding carboxylic acids is 1. The van der Waals surface area contributed by atoms with Gasteiger partial charge in [0.15, 0.2) is 16.8 Å². The monoisotopic (exact) mass is 477 g/mol. The standard InChI is InChI=1S/C23H23N7O3S/c1-13-5-6-16(11-14(13)2)30-20(15-7-9-25-10-8-15)26-27-22(30)34-12-17(31)18-19(24)28(3)23(33)29(4)21(18)32/h5-11H,12,24H2,1-4H3. The summed E-state index contributed by atoms with van der Waals surface area (Å²) in [6.45, 7) is 4.05. The molecule has 0 aliphatic rings. The molecular formula is C23H23N7O3S. The van der Waals surface area contributed by atoms with Gasteiger partial charge in [0.25, 0.3) is 5.56 Å². The minimum absolute atomic E-state index is 0.114. The maximum atomic E-state index is 13.0. The predicted octanol–water partition coefficient (Wildman–Crippen LogP) is 1.90. The van der Waals surface area contributed by atoms with E-state index in [-0.39, 0.29) is 17.1 Å². The zero-order valence-corrected chi connectivity index (χ0v) is 20.0. The minimum atomic E-state index is -0.723. The Morgan fingerprint density at radius 1 is 1.00 bits per heavy atom. The normalized spacial score (nSPS) is 11.1. The predicted molar refractivity (Wildman–Crippen MR) is 130 cm³/mol. The average molecular weight is 478 g/mol. The first-order chi connectivity index (χ1) is 16.2. The lowest BCUT2D eigenvalue weighted by molar-refractivity contribution is 0.102. The molecular weight excluding hydrogens is 454 g/mol. The van der Waals surface area contributed by atoms with E-state index in [2.05, 4.69) is 15.2 Å². The molecule has 0 saturated carbocycles. The summed E-state index contributed by atoms with van der Waals surface area (Å²) < 4.78 is 3.81. The van der Waals surface area contributed by atoms with E-state index in [1.165, 1.54) is 14.1 Å². The van der Waals surface area contributed by atoms with Gasteiger partial charge >= 0.3 is 5.69 Å². The molecule has 0 radical (unpaired) electrons. The summed E-state index contributed by atoms with van der Waals surface area (Å²) in [4.78, 5) is 41.7. The maximum Gasteiger partial charge on any atom is 0.332 e. The van der Waals surface area contributed by atoms with Gasteiger partial charge in [-0.1, -0.05) is 17.8 Å². The van der Waals surface area contributed by atoms with Gasteiger partial charge in [-0.05, 0) is 49.2 Å². The van der Waals surface area contributed by atoms with Gasteiger partial charge in [0.1, 0.15) is 11.4 Å². The van der Waals surface area contributed by atoms with Crippen molar-refractivity contribution < 1.29 is 4.79 Å². The number of nitrogens with zero attached hydrogens (tertiary/aromatic N) is 6. The minimum Gasteiger partial charge on any atom is -0.384 e. The van der Waals surface area contributed by atoms with E-state index in [0.717, 1.165) is 43.3 Å². The summed E-state index contributed by atoms with van der Waals surface area (Å²) in [5.41, 5.74) is 8.30. The van der Waals surface area contributed by atoms with Gasteiger partial charge in [0.05, 0.1) is 11.4 Å². The van der Waals surface area contributed by atoms with E-state index < -0.39 is 17.0 Å². The molecule has 0 unspecified atom stereocenters. The number of aryl methyl sites for hydroxylation is 2. The van der Waals surface area contributed by atoms with E-state index in [4.69, 9.17) is 5.73 Å². The van der Waals surface area contributed by atoms with Gasteiger partial charge < -0.3 is 5.73 Å². The first-order valence-electron chi connectivity index (χ1n) is 10.4. The van der Waals surface area contributed by atoms with Crippen molar-refractivity contribution in [1.82, 2.24) is 28.9 Å². The highest BCUT2D eigenvalue weighted by molar-refractivity contribution is 7.99. The highest BCUT2D eigenvalue weighted by Gasteiger charge is 2.23. The van der Waals surface area contributed by atoms with E-state index in [9.17, 15) is 14.4 Å². The lowest BCUT2D eigenvalue weighted by Gasteiger charge is -2.13. The summed E-state index contributed by atoms with van der Waals surface area (Å²) >= 11 is 1.14. The molecule has 0 amide bonds. The van der Waals surface area contributed by atoms with Gasteiger partial charge in [-0.15, -0.1) is 10.2 Å². The third kappa shape index (κ3) is 4.05. The number of rotatable bonds is 6. The fourth-order valence-corrected chi connectivity index (χ4v) is 4.30. The van der Waals surface area contributed by atoms with Crippen molar-refractivity contribution in [3.05, 3.63) is 80.3 Å². The van der Waals surface area contributed by atoms with Crippen molar-refractivity contribution in [1.29, 1.82) is 0 Å². The first kappa shape index (κ1) is 23.2. The van der Waals surface area contributed by atoms with Gasteiger partial charge in [0, 0.05) is 32.1 Å². The SMILES string of the molecule is Cc1ccc(-n2c(SCC(=O)c3c(N)n(C)c(=O)n(C)c3=O)nnc2-c2ccncc2)cc1C. The zero-order valence-electron chi connectivity index (χ0n) is 19.1. The molecule has 0 saturated heterocycles. The highest BCUT2D eigenvalue weighted by Crippen LogP contribution is 2.29. The van der Waals surface area contributed by atoms with Crippen LogP contribution in [0.5, 0.6) is 0 Å². The lowest BCUT2D eigenvalue weighted by Crippen LogP contribution is -2.41. The molecule has 2 N–H and O–H groups in total. The number of anilines is 1. The molecule has 3 aromatic heterocycles. The molecule has 10 nitrogen and oxygen atoms in total. The van der Waals surface area contributed by atoms with Crippen LogP contribution in [0.3, 0.4) is 0 Å². The highest BCUT2D eigenvalue weighted by atomic mass is 32.2. The number of nitrogen functional groups attached to an aromatic ring is 1. The number of Topliss-reactive ketones (excluding diaryl/α,β-unsaturated/α-hetero) is 1. The van der Waals surface area contributed by atoms with E-state index in [0.29, 0.717) is 11.0 Å². The van der Waals surface area contributed by atoms with Crippen LogP contribution in [-0.2, 0) is 14.1 Å². The second kappa shape index (κ2) is 9.10. The summed E-state index contributed by atoms with van der Waals surface area (Å²) in [5, 5.41) is 9.15. The van der Waals surface area contributed by atoms with Crippen molar-refractivity contribution in [2.24, 2.45) is 14.1 Å². The molecule has 0 aliphatic heterocycles. The van der Waals surface area contributed by atoms with Crippen molar-refractivity contribution in [3.63, 3.8) is 0 Å². The number of carbonyl (C=O) groups is 1. The Bertz CT molecular complexity index is 1520. The molecule has 4 rings (SSSR count). The molecule has 0 spiro atoms. The number of aromatic nitrogens is 6. The van der Waals surface area contributed by atoms with Crippen LogP contribution in [-0.4, -0.2) is 40.4 Å². The van der Waals surface area contributed by atoms with Crippen LogP contribution in [0.2, 0.25) is 0 Å². The number of pyridine rings is 1. The lowest BCUT2D eigenvalue weighted by atomic mass is 10.1. The molecule has 0 fully saturated rings. The van der Waals surface area contributed by atoms with E-state index >= 15 is 0 Å². The fraction of sp³-hybridized carbons (Fsp3) is 0.217. The second-order valence-electron chi connectivity index (χ2n) is 7.82. The number of hydrogen-bond acceptors (Lipinski definition) is 8. The van der Waals surface area contributed by atoms with Crippen molar-refractivity contribution in [2.75, 3.05) is 11.5 Å². The van der Waals surface area contributed by atoms with Crippen LogP contribution in [0.4, 0.5) is 5.82 Å². The Morgan fingerprint density at radius 2 is 1.71 bits per heavy atom. The summed E-state index contributed by atoms with van der Waals surface area (Å²) in [5.74, 6) is -0.180. The van der Waals surface area contributed by atoms with Crippen molar-refractivity contribution >= 4 is 23.4 Å². The molecule has 0 atom stereocenters. The number of thioether (sulfide) groups is 1. The van der Waals surface area contributed by atoms with Gasteiger partial charge in [-0.25, -0.2) is 4.79 Å². The van der Waals surface area contributed by atoms with Gasteiger partial charge in [-0.3, -0.25) is 28.3 Å². The summed E-state index contributed by atoms with van der Waals surface area (Å²) in [7, 11) is 2.73. The largest absolute Gasteiger partial charge is 0.384 e. The van der Waals surface area contributed by atoms with Crippen LogP contribution >= 0.6 is 11.8 Å². The Morgan fingerprint density at radius 3 is 2.38 bits per heavy atom. The Labute approximate surface area is 199 Å². The third-order valence-corrected chi connectivity index (χ3v) is 6.57. The van der Waals surface area contributed by atoms with Crippen LogP contribution < -0.4 is 17.0 Å². The molecule has 11 heteroatoms. The van der Waals surface area contributed by atoms with Crippen molar-refractivity contribution in [2.45, 2.75) is 19.0 Å². The second-order valence-corrected chi connectivity index (χ2v) is 8.77. The summed E-state index contributed by atoms with van der Waals surface area (Å²) in [6.07, 6.45) is 3.34. The van der Waals surface area contributed by atoms with Gasteiger partial charge in [0.2, 0.25) is 0 Å². The van der Waals surface area contributed by atoms with Crippen LogP contribution in [0.1, 0.15) is 21.5 Å². The molecule has 4 aromatic rings. The third-order valence-electron chi connectivity index (χ3n) is 5.64. The van der Waals surface area contributed by atoms with Crippen molar-refractivity contribution in [3.8, 4) is 17.1 Å². The Hall–Kier alpha value is -3.99. The number of ketones is 1. The van der Waals surface area contributed by atoms with E-state index in [1.807, 2.05) is 48.7 Å². The molecule has 34 heavy (non-hydrogen) atoms. The molecule has 1 aromatic carbocycles. The first-order valence-corrected chi connectivity index (χ1v) is 11.3. The zero-order chi connectivity index (χ0) is 24.6. The number of benzene rings is 1. The number of nitrogens with two attached hydrogens (primary N) is 1. The fourth-order valence-electron chi connectivity index (χ4n) is 3.47. The Kier molecular flexibility index (Phi) is 6.20. The molecule has 3 heterocycles. The Balaban J connectivity index is 1.74. The van der Waals surface area contributed by atoms with Crippen LogP contribution in [0.25, 0.3) is 17.1 Å². The van der Waals surface area contributed by atoms with Crippen LogP contribution in [0.15, 0.2) is 57.5 Å². The van der Waals surface area contributed by atoms with E-state index in [1.54, 1.807) is 12.4 Å². The molecule has 0 aliphatic carbocycles.